The molecule has 4 amide bonds. The summed E-state index contributed by atoms with van der Waals surface area (Å²) >= 11 is 3.14. The number of halogens is 2. The molecule has 0 radical (unpaired) electrons. The maximum Gasteiger partial charge on any atom is 0.325 e. The standard InChI is InChI=1S/C20H17BrFN3O3/c21-14-5-6-16(15(22)9-14)23-17(26)11-25-18(27)20(24-19(25)28)8-7-12-3-1-2-4-13(12)10-20/h1-6,9H,7-8,10-11H2,(H,23,26)(H,24,28). The largest absolute Gasteiger partial charge is 0.325 e. The molecular formula is C20H17BrFN3O3. The molecule has 2 N–H and O–H groups in total. The highest BCUT2D eigenvalue weighted by atomic mass is 79.9. The van der Waals surface area contributed by atoms with E-state index in [9.17, 15) is 18.8 Å². The summed E-state index contributed by atoms with van der Waals surface area (Å²) in [6.45, 7) is -0.469. The molecule has 6 nitrogen and oxygen atoms in total. The van der Waals surface area contributed by atoms with E-state index in [-0.39, 0.29) is 5.69 Å². The number of imide groups is 1. The van der Waals surface area contributed by atoms with Gasteiger partial charge in [-0.15, -0.1) is 0 Å². The van der Waals surface area contributed by atoms with Crippen LogP contribution in [0.4, 0.5) is 14.9 Å². The highest BCUT2D eigenvalue weighted by Crippen LogP contribution is 2.33. The first-order valence-corrected chi connectivity index (χ1v) is 9.63. The minimum Gasteiger partial charge on any atom is -0.323 e. The molecule has 1 fully saturated rings. The van der Waals surface area contributed by atoms with Crippen molar-refractivity contribution in [2.45, 2.75) is 24.8 Å². The Morgan fingerprint density at radius 1 is 1.21 bits per heavy atom. The summed E-state index contributed by atoms with van der Waals surface area (Å²) in [6.07, 6.45) is 1.55. The Bertz CT molecular complexity index is 996. The summed E-state index contributed by atoms with van der Waals surface area (Å²) in [4.78, 5) is 38.6. The van der Waals surface area contributed by atoms with Crippen molar-refractivity contribution in [2.75, 3.05) is 11.9 Å². The minimum atomic E-state index is -1.02. The average Bonchev–Trinajstić information content (AvgIpc) is 2.88. The van der Waals surface area contributed by atoms with E-state index in [4.69, 9.17) is 0 Å². The lowest BCUT2D eigenvalue weighted by atomic mass is 9.78. The van der Waals surface area contributed by atoms with E-state index in [1.54, 1.807) is 6.07 Å². The molecule has 1 aliphatic carbocycles. The number of amides is 4. The maximum absolute atomic E-state index is 13.9. The van der Waals surface area contributed by atoms with Crippen LogP contribution < -0.4 is 10.6 Å². The molecule has 1 atom stereocenters. The lowest BCUT2D eigenvalue weighted by Crippen LogP contribution is -2.51. The zero-order valence-corrected chi connectivity index (χ0v) is 16.4. The van der Waals surface area contributed by atoms with Gasteiger partial charge >= 0.3 is 6.03 Å². The Morgan fingerprint density at radius 3 is 2.71 bits per heavy atom. The van der Waals surface area contributed by atoms with Crippen LogP contribution in [-0.4, -0.2) is 34.8 Å². The van der Waals surface area contributed by atoms with Crippen molar-refractivity contribution >= 4 is 39.5 Å². The zero-order valence-electron chi connectivity index (χ0n) is 14.8. The van der Waals surface area contributed by atoms with E-state index in [2.05, 4.69) is 26.6 Å². The third-order valence-electron chi connectivity index (χ3n) is 5.18. The Kier molecular flexibility index (Phi) is 4.66. The number of carbonyl (C=O) groups is 3. The molecule has 28 heavy (non-hydrogen) atoms. The molecule has 4 rings (SSSR count). The van der Waals surface area contributed by atoms with Crippen molar-refractivity contribution in [3.05, 3.63) is 63.9 Å². The quantitative estimate of drug-likeness (QED) is 0.712. The van der Waals surface area contributed by atoms with E-state index in [0.717, 1.165) is 16.0 Å². The second kappa shape index (κ2) is 7.01. The van der Waals surface area contributed by atoms with Gasteiger partial charge in [-0.2, -0.15) is 0 Å². The first-order valence-electron chi connectivity index (χ1n) is 8.84. The monoisotopic (exact) mass is 445 g/mol. The Hall–Kier alpha value is -2.74. The molecule has 1 aliphatic heterocycles. The van der Waals surface area contributed by atoms with Crippen molar-refractivity contribution in [1.29, 1.82) is 0 Å². The van der Waals surface area contributed by atoms with Crippen molar-refractivity contribution in [3.8, 4) is 0 Å². The van der Waals surface area contributed by atoms with Crippen molar-refractivity contribution in [1.82, 2.24) is 10.2 Å². The molecule has 2 aromatic carbocycles. The molecular weight excluding hydrogens is 429 g/mol. The molecule has 1 saturated heterocycles. The number of benzene rings is 2. The van der Waals surface area contributed by atoms with Crippen LogP contribution in [0.15, 0.2) is 46.9 Å². The minimum absolute atomic E-state index is 0.0124. The lowest BCUT2D eigenvalue weighted by molar-refractivity contribution is -0.134. The number of fused-ring (bicyclic) bond motifs is 1. The van der Waals surface area contributed by atoms with Crippen molar-refractivity contribution < 1.29 is 18.8 Å². The number of hydrogen-bond acceptors (Lipinski definition) is 3. The van der Waals surface area contributed by atoms with Gasteiger partial charge in [-0.1, -0.05) is 40.2 Å². The van der Waals surface area contributed by atoms with Gasteiger partial charge in [0.1, 0.15) is 17.9 Å². The number of urea groups is 1. The van der Waals surface area contributed by atoms with E-state index in [1.807, 2.05) is 24.3 Å². The van der Waals surface area contributed by atoms with Crippen LogP contribution in [0.25, 0.3) is 0 Å². The molecule has 0 bridgehead atoms. The Morgan fingerprint density at radius 2 is 1.96 bits per heavy atom. The van der Waals surface area contributed by atoms with Crippen molar-refractivity contribution in [3.63, 3.8) is 0 Å². The van der Waals surface area contributed by atoms with Gasteiger partial charge in [-0.3, -0.25) is 14.5 Å². The van der Waals surface area contributed by atoms with E-state index in [1.165, 1.54) is 12.1 Å². The van der Waals surface area contributed by atoms with Crippen LogP contribution in [-0.2, 0) is 22.4 Å². The van der Waals surface area contributed by atoms with Gasteiger partial charge < -0.3 is 10.6 Å². The zero-order chi connectivity index (χ0) is 19.9. The number of nitrogens with one attached hydrogen (secondary N) is 2. The number of anilines is 1. The van der Waals surface area contributed by atoms with Gasteiger partial charge in [0.15, 0.2) is 0 Å². The van der Waals surface area contributed by atoms with Crippen LogP contribution in [0.1, 0.15) is 17.5 Å². The van der Waals surface area contributed by atoms with Gasteiger partial charge in [0.05, 0.1) is 5.69 Å². The summed E-state index contributed by atoms with van der Waals surface area (Å²) < 4.78 is 14.4. The first-order chi connectivity index (χ1) is 13.4. The fourth-order valence-electron chi connectivity index (χ4n) is 3.77. The van der Waals surface area contributed by atoms with Crippen LogP contribution in [0.2, 0.25) is 0 Å². The number of aryl methyl sites for hydroxylation is 1. The highest BCUT2D eigenvalue weighted by molar-refractivity contribution is 9.10. The molecule has 1 spiro atoms. The number of nitrogens with zero attached hydrogens (tertiary/aromatic N) is 1. The lowest BCUT2D eigenvalue weighted by Gasteiger charge is -2.32. The second-order valence-electron chi connectivity index (χ2n) is 7.02. The van der Waals surface area contributed by atoms with Crippen LogP contribution >= 0.6 is 15.9 Å². The Labute approximate surface area is 169 Å². The fourth-order valence-corrected chi connectivity index (χ4v) is 4.10. The van der Waals surface area contributed by atoms with E-state index >= 15 is 0 Å². The SMILES string of the molecule is O=C(CN1C(=O)NC2(CCc3ccccc3C2)C1=O)Nc1ccc(Br)cc1F. The van der Waals surface area contributed by atoms with Gasteiger partial charge in [-0.05, 0) is 42.2 Å². The van der Waals surface area contributed by atoms with Gasteiger partial charge in [-0.25, -0.2) is 9.18 Å². The summed E-state index contributed by atoms with van der Waals surface area (Å²) in [7, 11) is 0. The first kappa shape index (κ1) is 18.6. The highest BCUT2D eigenvalue weighted by Gasteiger charge is 2.52. The predicted molar refractivity (Wildman–Crippen MR) is 104 cm³/mol. The molecule has 2 aliphatic rings. The van der Waals surface area contributed by atoms with Crippen LogP contribution in [0, 0.1) is 5.82 Å². The third kappa shape index (κ3) is 3.28. The van der Waals surface area contributed by atoms with E-state index in [0.29, 0.717) is 23.7 Å². The summed E-state index contributed by atoms with van der Waals surface area (Å²) in [5, 5.41) is 5.18. The fraction of sp³-hybridized carbons (Fsp3) is 0.250. The molecule has 0 aromatic heterocycles. The summed E-state index contributed by atoms with van der Waals surface area (Å²) in [6, 6.07) is 11.4. The van der Waals surface area contributed by atoms with Gasteiger partial charge in [0.25, 0.3) is 5.91 Å². The Balaban J connectivity index is 1.48. The van der Waals surface area contributed by atoms with Crippen LogP contribution in [0.5, 0.6) is 0 Å². The second-order valence-corrected chi connectivity index (χ2v) is 7.94. The van der Waals surface area contributed by atoms with Crippen LogP contribution in [0.3, 0.4) is 0 Å². The van der Waals surface area contributed by atoms with E-state index < -0.39 is 35.7 Å². The van der Waals surface area contributed by atoms with Crippen molar-refractivity contribution in [2.24, 2.45) is 0 Å². The molecule has 144 valence electrons. The van der Waals surface area contributed by atoms with Gasteiger partial charge in [0.2, 0.25) is 5.91 Å². The summed E-state index contributed by atoms with van der Waals surface area (Å²) in [5.41, 5.74) is 1.15. The number of carbonyl (C=O) groups excluding carboxylic acids is 3. The molecule has 1 heterocycles. The number of hydrogen-bond donors (Lipinski definition) is 2. The summed E-state index contributed by atoms with van der Waals surface area (Å²) in [5.74, 6) is -1.67. The predicted octanol–water partition coefficient (Wildman–Crippen LogP) is 3.01. The third-order valence-corrected chi connectivity index (χ3v) is 5.68. The average molecular weight is 446 g/mol. The molecule has 1 unspecified atom stereocenters. The molecule has 8 heteroatoms. The molecule has 2 aromatic rings. The molecule has 0 saturated carbocycles. The number of rotatable bonds is 3. The smallest absolute Gasteiger partial charge is 0.323 e. The maximum atomic E-state index is 13.9. The normalized spacial score (nSPS) is 20.9. The topological polar surface area (TPSA) is 78.5 Å². The van der Waals surface area contributed by atoms with Gasteiger partial charge in [0, 0.05) is 10.9 Å².